The molecule has 136 valence electrons. The van der Waals surface area contributed by atoms with Crippen LogP contribution in [-0.2, 0) is 7.05 Å². The van der Waals surface area contributed by atoms with Gasteiger partial charge in [0.05, 0.1) is 17.7 Å². The molecule has 2 heterocycles. The van der Waals surface area contributed by atoms with Gasteiger partial charge in [0.2, 0.25) is 0 Å². The molecular weight excluding hydrogens is 322 g/mol. The van der Waals surface area contributed by atoms with Crippen molar-refractivity contribution in [2.75, 3.05) is 26.2 Å². The highest BCUT2D eigenvalue weighted by Crippen LogP contribution is 2.18. The normalized spacial score (nSPS) is 18.1. The predicted octanol–water partition coefficient (Wildman–Crippen LogP) is 1.10. The van der Waals surface area contributed by atoms with Gasteiger partial charge in [-0.1, -0.05) is 6.07 Å². The van der Waals surface area contributed by atoms with Crippen molar-refractivity contribution in [3.05, 3.63) is 34.3 Å². The van der Waals surface area contributed by atoms with E-state index in [0.29, 0.717) is 29.2 Å². The minimum atomic E-state index is -0.473. The number of aromatic nitrogens is 1. The van der Waals surface area contributed by atoms with Crippen molar-refractivity contribution in [1.82, 2.24) is 14.8 Å². The number of oxazole rings is 1. The maximum Gasteiger partial charge on any atom is 0.419 e. The lowest BCUT2D eigenvalue weighted by Gasteiger charge is -2.22. The number of likely N-dealkylation sites (tertiary alicyclic amines) is 1. The molecule has 1 amide bonds. The molecule has 0 radical (unpaired) electrons. The number of unbranched alkanes of at least 4 members (excludes halogenated alkanes) is 1. The number of para-hydroxylation sites is 1. The number of aliphatic hydroxyl groups is 1. The average Bonchev–Trinajstić information content (AvgIpc) is 3.19. The van der Waals surface area contributed by atoms with Gasteiger partial charge in [-0.3, -0.25) is 14.3 Å². The number of carbonyl (C=O) groups excluding carboxylic acids is 1. The summed E-state index contributed by atoms with van der Waals surface area (Å²) in [4.78, 5) is 26.3. The third kappa shape index (κ3) is 3.77. The first-order chi connectivity index (χ1) is 12.1. The molecule has 1 aliphatic heterocycles. The Balaban J connectivity index is 1.50. The molecule has 2 N–H and O–H groups in total. The molecule has 1 aliphatic rings. The molecule has 0 saturated carbocycles. The predicted molar refractivity (Wildman–Crippen MR) is 94.7 cm³/mol. The molecule has 1 aromatic carbocycles. The Morgan fingerprint density at radius 2 is 2.24 bits per heavy atom. The highest BCUT2D eigenvalue weighted by atomic mass is 16.4. The highest BCUT2D eigenvalue weighted by molar-refractivity contribution is 6.04. The smallest absolute Gasteiger partial charge is 0.407 e. The number of aliphatic hydroxyl groups excluding tert-OH is 1. The van der Waals surface area contributed by atoms with Crippen LogP contribution in [0, 0.1) is 0 Å². The van der Waals surface area contributed by atoms with Gasteiger partial charge in [-0.15, -0.1) is 0 Å². The summed E-state index contributed by atoms with van der Waals surface area (Å²) in [6.07, 6.45) is 4.06. The van der Waals surface area contributed by atoms with Crippen molar-refractivity contribution >= 4 is 17.0 Å². The first-order valence-corrected chi connectivity index (χ1v) is 8.83. The SMILES string of the molecule is Cn1c(=O)oc2c(C(=O)NCCCCN3CCCC3CO)cccc21. The fourth-order valence-electron chi connectivity index (χ4n) is 3.46. The first kappa shape index (κ1) is 17.7. The summed E-state index contributed by atoms with van der Waals surface area (Å²) in [7, 11) is 1.62. The van der Waals surface area contributed by atoms with E-state index in [9.17, 15) is 14.7 Å². The molecule has 25 heavy (non-hydrogen) atoms. The molecule has 0 aliphatic carbocycles. The fourth-order valence-corrected chi connectivity index (χ4v) is 3.46. The number of benzene rings is 1. The summed E-state index contributed by atoms with van der Waals surface area (Å²) in [5, 5.41) is 12.2. The highest BCUT2D eigenvalue weighted by Gasteiger charge is 2.22. The lowest BCUT2D eigenvalue weighted by Crippen LogP contribution is -2.33. The Kier molecular flexibility index (Phi) is 5.55. The van der Waals surface area contributed by atoms with Gasteiger partial charge in [0.25, 0.3) is 5.91 Å². The Hall–Kier alpha value is -2.12. The summed E-state index contributed by atoms with van der Waals surface area (Å²) < 4.78 is 6.57. The standard InChI is InChI=1S/C18H25N3O4/c1-20-15-8-4-7-14(16(15)25-18(20)24)17(23)19-9-2-3-10-21-11-5-6-13(21)12-22/h4,7-8,13,22H,2-3,5-6,9-12H2,1H3,(H,19,23). The second-order valence-corrected chi connectivity index (χ2v) is 6.56. The van der Waals surface area contributed by atoms with E-state index in [1.807, 2.05) is 0 Å². The maximum absolute atomic E-state index is 12.4. The molecule has 1 unspecified atom stereocenters. The number of hydrogen-bond donors (Lipinski definition) is 2. The Bertz CT molecular complexity index is 795. The van der Waals surface area contributed by atoms with Gasteiger partial charge in [0, 0.05) is 19.6 Å². The van der Waals surface area contributed by atoms with Crippen LogP contribution < -0.4 is 11.1 Å². The number of nitrogens with zero attached hydrogens (tertiary/aromatic N) is 2. The van der Waals surface area contributed by atoms with E-state index in [2.05, 4.69) is 10.2 Å². The van der Waals surface area contributed by atoms with E-state index in [0.717, 1.165) is 38.8 Å². The number of nitrogens with one attached hydrogen (secondary N) is 1. The fraction of sp³-hybridized carbons (Fsp3) is 0.556. The maximum atomic E-state index is 12.4. The van der Waals surface area contributed by atoms with Gasteiger partial charge in [-0.25, -0.2) is 4.79 Å². The zero-order valence-electron chi connectivity index (χ0n) is 14.5. The van der Waals surface area contributed by atoms with Gasteiger partial charge in [-0.2, -0.15) is 0 Å². The van der Waals surface area contributed by atoms with Crippen LogP contribution in [-0.4, -0.2) is 52.8 Å². The Morgan fingerprint density at radius 1 is 1.40 bits per heavy atom. The lowest BCUT2D eigenvalue weighted by atomic mass is 10.1. The van der Waals surface area contributed by atoms with Crippen molar-refractivity contribution in [3.8, 4) is 0 Å². The van der Waals surface area contributed by atoms with Crippen molar-refractivity contribution in [3.63, 3.8) is 0 Å². The van der Waals surface area contributed by atoms with Crippen molar-refractivity contribution in [1.29, 1.82) is 0 Å². The zero-order chi connectivity index (χ0) is 17.8. The summed E-state index contributed by atoms with van der Waals surface area (Å²) in [6, 6.07) is 5.46. The molecule has 3 rings (SSSR count). The number of aryl methyl sites for hydroxylation is 1. The summed E-state index contributed by atoms with van der Waals surface area (Å²) in [5.41, 5.74) is 1.33. The van der Waals surface area contributed by atoms with E-state index in [4.69, 9.17) is 4.42 Å². The van der Waals surface area contributed by atoms with Gasteiger partial charge in [-0.05, 0) is 50.9 Å². The molecule has 1 fully saturated rings. The molecule has 0 bridgehead atoms. The molecule has 7 heteroatoms. The number of hydrogen-bond acceptors (Lipinski definition) is 5. The van der Waals surface area contributed by atoms with Crippen molar-refractivity contribution in [2.24, 2.45) is 7.05 Å². The zero-order valence-corrected chi connectivity index (χ0v) is 14.5. The Labute approximate surface area is 146 Å². The third-order valence-corrected chi connectivity index (χ3v) is 4.93. The molecule has 0 spiro atoms. The van der Waals surface area contributed by atoms with Crippen LogP contribution in [0.4, 0.5) is 0 Å². The van der Waals surface area contributed by atoms with Crippen LogP contribution >= 0.6 is 0 Å². The lowest BCUT2D eigenvalue weighted by molar-refractivity contribution is 0.0953. The van der Waals surface area contributed by atoms with Crippen LogP contribution in [0.2, 0.25) is 0 Å². The van der Waals surface area contributed by atoms with E-state index in [1.54, 1.807) is 25.2 Å². The molecule has 1 aromatic heterocycles. The quantitative estimate of drug-likeness (QED) is 0.732. The van der Waals surface area contributed by atoms with Crippen LogP contribution in [0.5, 0.6) is 0 Å². The van der Waals surface area contributed by atoms with Crippen molar-refractivity contribution < 1.29 is 14.3 Å². The summed E-state index contributed by atoms with van der Waals surface area (Å²) in [6.45, 7) is 2.80. The summed E-state index contributed by atoms with van der Waals surface area (Å²) >= 11 is 0. The number of carbonyl (C=O) groups is 1. The number of fused-ring (bicyclic) bond motifs is 1. The van der Waals surface area contributed by atoms with Crippen molar-refractivity contribution in [2.45, 2.75) is 31.7 Å². The van der Waals surface area contributed by atoms with E-state index in [1.165, 1.54) is 4.57 Å². The van der Waals surface area contributed by atoms with E-state index >= 15 is 0 Å². The van der Waals surface area contributed by atoms with Gasteiger partial charge in [0.1, 0.15) is 0 Å². The number of rotatable bonds is 7. The number of amides is 1. The minimum Gasteiger partial charge on any atom is -0.407 e. The van der Waals surface area contributed by atoms with Crippen LogP contribution in [0.15, 0.2) is 27.4 Å². The van der Waals surface area contributed by atoms with Gasteiger partial charge >= 0.3 is 5.76 Å². The second kappa shape index (κ2) is 7.84. The molecule has 2 aromatic rings. The topological polar surface area (TPSA) is 87.7 Å². The van der Waals surface area contributed by atoms with E-state index < -0.39 is 5.76 Å². The molecular formula is C18H25N3O4. The molecule has 1 saturated heterocycles. The summed E-state index contributed by atoms with van der Waals surface area (Å²) in [5.74, 6) is -0.700. The van der Waals surface area contributed by atoms with Gasteiger partial charge in [0.15, 0.2) is 5.58 Å². The monoisotopic (exact) mass is 347 g/mol. The third-order valence-electron chi connectivity index (χ3n) is 4.93. The molecule has 7 nitrogen and oxygen atoms in total. The van der Waals surface area contributed by atoms with Crippen LogP contribution in [0.25, 0.3) is 11.1 Å². The minimum absolute atomic E-state index is 0.225. The second-order valence-electron chi connectivity index (χ2n) is 6.56. The average molecular weight is 347 g/mol. The first-order valence-electron chi connectivity index (χ1n) is 8.83. The van der Waals surface area contributed by atoms with Crippen LogP contribution in [0.1, 0.15) is 36.0 Å². The van der Waals surface area contributed by atoms with E-state index in [-0.39, 0.29) is 12.5 Å². The Morgan fingerprint density at radius 3 is 3.04 bits per heavy atom. The van der Waals surface area contributed by atoms with Gasteiger partial charge < -0.3 is 14.8 Å². The largest absolute Gasteiger partial charge is 0.419 e. The molecule has 1 atom stereocenters. The van der Waals surface area contributed by atoms with Crippen LogP contribution in [0.3, 0.4) is 0 Å².